The van der Waals surface area contributed by atoms with Crippen LogP contribution in [0.15, 0.2) is 42.5 Å². The van der Waals surface area contributed by atoms with Crippen LogP contribution in [0, 0.1) is 23.7 Å². The van der Waals surface area contributed by atoms with Crippen molar-refractivity contribution in [1.82, 2.24) is 15.5 Å². The van der Waals surface area contributed by atoms with Gasteiger partial charge < -0.3 is 20.6 Å². The van der Waals surface area contributed by atoms with Crippen molar-refractivity contribution in [3.63, 3.8) is 0 Å². The second kappa shape index (κ2) is 10.7. The van der Waals surface area contributed by atoms with Gasteiger partial charge in [-0.15, -0.1) is 0 Å². The molecule has 1 saturated heterocycles. The van der Waals surface area contributed by atoms with Gasteiger partial charge in [0.05, 0.1) is 24.5 Å². The van der Waals surface area contributed by atoms with Gasteiger partial charge in [-0.25, -0.2) is 0 Å². The SMILES string of the molecule is CC[C@@H]1C=C[C@H]2[C@H](C(=O)N([C@H](CO)c3ccccc3)[C@@H]2C(=O)NC2CCCCC2)[C@@H]1C(=O)NC. The maximum Gasteiger partial charge on any atom is 0.243 e. The summed E-state index contributed by atoms with van der Waals surface area (Å²) in [6.45, 7) is 1.71. The first kappa shape index (κ1) is 24.5. The molecule has 3 aliphatic rings. The lowest BCUT2D eigenvalue weighted by molar-refractivity contribution is -0.143. The van der Waals surface area contributed by atoms with E-state index in [4.69, 9.17) is 0 Å². The number of rotatable bonds is 7. The van der Waals surface area contributed by atoms with Crippen LogP contribution in [0.2, 0.25) is 0 Å². The standard InChI is InChI=1S/C27H37N3O4/c1-3-17-14-15-20-23(22(17)25(32)28-2)27(34)30(21(16-31)18-10-6-4-7-11-18)24(20)26(33)29-19-12-8-5-9-13-19/h4,6-7,10-11,14-15,17,19-24,31H,3,5,8-9,12-13,16H2,1-2H3,(H,28,32)(H,29,33)/t17-,20+,21-,22-,23+,24+/m1/s1. The molecule has 0 spiro atoms. The molecule has 184 valence electrons. The number of nitrogens with one attached hydrogen (secondary N) is 2. The monoisotopic (exact) mass is 467 g/mol. The number of benzene rings is 1. The fourth-order valence-electron chi connectivity index (χ4n) is 6.26. The Hall–Kier alpha value is -2.67. The Balaban J connectivity index is 1.74. The number of carbonyl (C=O) groups is 3. The Morgan fingerprint density at radius 2 is 1.79 bits per heavy atom. The lowest BCUT2D eigenvalue weighted by Crippen LogP contribution is -2.51. The van der Waals surface area contributed by atoms with Crippen LogP contribution < -0.4 is 10.6 Å². The van der Waals surface area contributed by atoms with Crippen molar-refractivity contribution in [2.24, 2.45) is 23.7 Å². The molecule has 4 rings (SSSR count). The van der Waals surface area contributed by atoms with Gasteiger partial charge in [0, 0.05) is 19.0 Å². The minimum atomic E-state index is -0.766. The number of nitrogens with zero attached hydrogens (tertiary/aromatic N) is 1. The van der Waals surface area contributed by atoms with Crippen LogP contribution in [0.1, 0.15) is 57.1 Å². The normalized spacial score (nSPS) is 30.0. The van der Waals surface area contributed by atoms with Crippen molar-refractivity contribution in [3.8, 4) is 0 Å². The highest BCUT2D eigenvalue weighted by Gasteiger charge is 2.58. The second-order valence-electron chi connectivity index (χ2n) is 9.84. The minimum absolute atomic E-state index is 0.0727. The van der Waals surface area contributed by atoms with Gasteiger partial charge in [-0.2, -0.15) is 0 Å². The van der Waals surface area contributed by atoms with E-state index in [1.54, 1.807) is 11.9 Å². The number of fused-ring (bicyclic) bond motifs is 1. The van der Waals surface area contributed by atoms with Crippen molar-refractivity contribution < 1.29 is 19.5 Å². The number of allylic oxidation sites excluding steroid dienone is 1. The van der Waals surface area contributed by atoms with Crippen molar-refractivity contribution >= 4 is 17.7 Å². The summed E-state index contributed by atoms with van der Waals surface area (Å²) in [5.74, 6) is -2.24. The highest BCUT2D eigenvalue weighted by atomic mass is 16.3. The van der Waals surface area contributed by atoms with E-state index in [1.165, 1.54) is 6.42 Å². The topological polar surface area (TPSA) is 98.7 Å². The number of aliphatic hydroxyl groups excluding tert-OH is 1. The zero-order valence-corrected chi connectivity index (χ0v) is 20.2. The van der Waals surface area contributed by atoms with E-state index in [2.05, 4.69) is 10.6 Å². The predicted octanol–water partition coefficient (Wildman–Crippen LogP) is 2.57. The first-order valence-electron chi connectivity index (χ1n) is 12.7. The molecule has 0 radical (unpaired) electrons. The van der Waals surface area contributed by atoms with E-state index >= 15 is 0 Å². The molecule has 1 heterocycles. The fourth-order valence-corrected chi connectivity index (χ4v) is 6.26. The number of hydrogen-bond acceptors (Lipinski definition) is 4. The Morgan fingerprint density at radius 3 is 2.41 bits per heavy atom. The third-order valence-corrected chi connectivity index (χ3v) is 7.98. The number of aliphatic hydroxyl groups is 1. The average molecular weight is 468 g/mol. The van der Waals surface area contributed by atoms with Gasteiger partial charge in [0.1, 0.15) is 6.04 Å². The molecule has 1 aromatic carbocycles. The summed E-state index contributed by atoms with van der Waals surface area (Å²) in [5.41, 5.74) is 0.778. The molecule has 34 heavy (non-hydrogen) atoms. The largest absolute Gasteiger partial charge is 0.394 e. The third-order valence-electron chi connectivity index (χ3n) is 7.98. The first-order chi connectivity index (χ1) is 16.5. The molecule has 0 bridgehead atoms. The van der Waals surface area contributed by atoms with E-state index in [0.29, 0.717) is 0 Å². The van der Waals surface area contributed by atoms with Gasteiger partial charge in [-0.05, 0) is 30.7 Å². The number of amides is 3. The van der Waals surface area contributed by atoms with Crippen LogP contribution in [0.5, 0.6) is 0 Å². The summed E-state index contributed by atoms with van der Waals surface area (Å²) in [6.07, 6.45) is 9.95. The molecule has 1 aromatic rings. The van der Waals surface area contributed by atoms with Crippen molar-refractivity contribution in [3.05, 3.63) is 48.0 Å². The molecule has 3 N–H and O–H groups in total. The van der Waals surface area contributed by atoms with E-state index in [9.17, 15) is 19.5 Å². The van der Waals surface area contributed by atoms with Crippen LogP contribution in [0.4, 0.5) is 0 Å². The summed E-state index contributed by atoms with van der Waals surface area (Å²) < 4.78 is 0. The van der Waals surface area contributed by atoms with Crippen LogP contribution in [-0.4, -0.2) is 53.5 Å². The molecule has 6 atom stereocenters. The fraction of sp³-hybridized carbons (Fsp3) is 0.593. The maximum atomic E-state index is 14.0. The first-order valence-corrected chi connectivity index (χ1v) is 12.7. The van der Waals surface area contributed by atoms with Gasteiger partial charge in [-0.3, -0.25) is 14.4 Å². The summed E-state index contributed by atoms with van der Waals surface area (Å²) in [6, 6.07) is 8.03. The quantitative estimate of drug-likeness (QED) is 0.537. The van der Waals surface area contributed by atoms with Gasteiger partial charge in [-0.1, -0.05) is 68.7 Å². The summed E-state index contributed by atoms with van der Waals surface area (Å²) in [7, 11) is 1.59. The van der Waals surface area contributed by atoms with Crippen LogP contribution in [0.25, 0.3) is 0 Å². The van der Waals surface area contributed by atoms with Gasteiger partial charge in [0.25, 0.3) is 0 Å². The van der Waals surface area contributed by atoms with E-state index in [-0.39, 0.29) is 36.3 Å². The summed E-state index contributed by atoms with van der Waals surface area (Å²) >= 11 is 0. The zero-order chi connectivity index (χ0) is 24.2. The van der Waals surface area contributed by atoms with E-state index < -0.39 is 29.8 Å². The third kappa shape index (κ3) is 4.50. The zero-order valence-electron chi connectivity index (χ0n) is 20.2. The van der Waals surface area contributed by atoms with Crippen LogP contribution in [-0.2, 0) is 14.4 Å². The molecule has 2 aliphatic carbocycles. The molecule has 0 unspecified atom stereocenters. The average Bonchev–Trinajstić information content (AvgIpc) is 3.17. The Kier molecular flexibility index (Phi) is 7.71. The predicted molar refractivity (Wildman–Crippen MR) is 129 cm³/mol. The van der Waals surface area contributed by atoms with Crippen LogP contribution in [0.3, 0.4) is 0 Å². The molecule has 0 aromatic heterocycles. The molecular weight excluding hydrogens is 430 g/mol. The van der Waals surface area contributed by atoms with Crippen molar-refractivity contribution in [2.45, 2.75) is 63.6 Å². The highest BCUT2D eigenvalue weighted by molar-refractivity contribution is 5.97. The van der Waals surface area contributed by atoms with Crippen molar-refractivity contribution in [1.29, 1.82) is 0 Å². The molecular formula is C27H37N3O4. The minimum Gasteiger partial charge on any atom is -0.394 e. The molecule has 2 fully saturated rings. The molecule has 3 amide bonds. The Morgan fingerprint density at radius 1 is 1.09 bits per heavy atom. The Bertz CT molecular complexity index is 912. The lowest BCUT2D eigenvalue weighted by atomic mass is 9.68. The molecule has 1 aliphatic heterocycles. The summed E-state index contributed by atoms with van der Waals surface area (Å²) in [4.78, 5) is 42.3. The molecule has 7 nitrogen and oxygen atoms in total. The number of carbonyl (C=O) groups excluding carboxylic acids is 3. The second-order valence-corrected chi connectivity index (χ2v) is 9.84. The summed E-state index contributed by atoms with van der Waals surface area (Å²) in [5, 5.41) is 16.4. The maximum absolute atomic E-state index is 14.0. The lowest BCUT2D eigenvalue weighted by Gasteiger charge is -2.35. The van der Waals surface area contributed by atoms with Gasteiger partial charge in [0.15, 0.2) is 0 Å². The highest BCUT2D eigenvalue weighted by Crippen LogP contribution is 2.47. The Labute approximate surface area is 202 Å². The number of likely N-dealkylation sites (tertiary alicyclic amines) is 1. The van der Waals surface area contributed by atoms with E-state index in [0.717, 1.165) is 37.7 Å². The number of hydrogen-bond donors (Lipinski definition) is 3. The molecule has 1 saturated carbocycles. The van der Waals surface area contributed by atoms with Crippen LogP contribution >= 0.6 is 0 Å². The van der Waals surface area contributed by atoms with E-state index in [1.807, 2.05) is 49.4 Å². The van der Waals surface area contributed by atoms with Gasteiger partial charge in [0.2, 0.25) is 17.7 Å². The van der Waals surface area contributed by atoms with Gasteiger partial charge >= 0.3 is 0 Å². The van der Waals surface area contributed by atoms with Crippen molar-refractivity contribution in [2.75, 3.05) is 13.7 Å². The smallest absolute Gasteiger partial charge is 0.243 e. The molecule has 7 heteroatoms.